The number of aromatic amines is 6. The van der Waals surface area contributed by atoms with E-state index in [1.807, 2.05) is 91.8 Å². The molecule has 87 heavy (non-hydrogen) atoms. The lowest BCUT2D eigenvalue weighted by Crippen LogP contribution is -2.11. The minimum Gasteiger partial charge on any atom is -0.361 e. The van der Waals surface area contributed by atoms with Gasteiger partial charge in [0.2, 0.25) is 0 Å². The SMILES string of the molecule is CC(=O)c1c(C)[nH]c(C(c2ccccc2)c2ccc(C(c3[nH]c(C)c(C(=O)CCC(=O)c4c(C)[nH]c(C(c5ccc(F)cc5)c5ccc(C(c6[nH]c(C)c(C(C)=O)c6C)c6cccc7ccccc67)[nH]5)c4C)c3C)c3cccc4ccccc34)[nH]2)c1C. The Morgan fingerprint density at radius 3 is 1.06 bits per heavy atom. The number of nitrogens with one attached hydrogen (secondary N) is 6. The number of Topliss-reactive ketones (excluding diaryl/α,β-unsaturated/α-hetero) is 4. The van der Waals surface area contributed by atoms with Gasteiger partial charge in [0.05, 0.1) is 23.7 Å². The Morgan fingerprint density at radius 1 is 0.345 bits per heavy atom. The summed E-state index contributed by atoms with van der Waals surface area (Å²) in [5.41, 5.74) is 20.0. The summed E-state index contributed by atoms with van der Waals surface area (Å²) in [6, 6.07) is 54.5. The van der Waals surface area contributed by atoms with E-state index < -0.39 is 5.92 Å². The van der Waals surface area contributed by atoms with Crippen LogP contribution in [0.3, 0.4) is 0 Å². The number of carbonyl (C=O) groups excluding carboxylic acids is 4. The third-order valence-corrected chi connectivity index (χ3v) is 18.2. The highest BCUT2D eigenvalue weighted by atomic mass is 19.1. The summed E-state index contributed by atoms with van der Waals surface area (Å²) in [7, 11) is 0. The van der Waals surface area contributed by atoms with Crippen LogP contribution in [-0.4, -0.2) is 53.0 Å². The van der Waals surface area contributed by atoms with E-state index in [0.29, 0.717) is 27.9 Å². The summed E-state index contributed by atoms with van der Waals surface area (Å²) in [4.78, 5) is 78.0. The first kappa shape index (κ1) is 57.6. The van der Waals surface area contributed by atoms with Crippen LogP contribution in [0.1, 0.15) is 205 Å². The van der Waals surface area contributed by atoms with Crippen LogP contribution < -0.4 is 0 Å². The first-order chi connectivity index (χ1) is 41.9. The molecule has 6 N–H and O–H groups in total. The number of benzene rings is 6. The van der Waals surface area contributed by atoms with Crippen LogP contribution in [0.5, 0.6) is 0 Å². The fourth-order valence-corrected chi connectivity index (χ4v) is 14.4. The van der Waals surface area contributed by atoms with Crippen LogP contribution in [0, 0.1) is 61.2 Å². The molecule has 0 spiro atoms. The van der Waals surface area contributed by atoms with E-state index in [0.717, 1.165) is 129 Å². The molecule has 0 radical (unpaired) electrons. The van der Waals surface area contributed by atoms with Crippen molar-refractivity contribution in [1.29, 1.82) is 0 Å². The smallest absolute Gasteiger partial charge is 0.165 e. The molecule has 12 aromatic rings. The Bertz CT molecular complexity index is 4640. The molecule has 6 aromatic heterocycles. The average Bonchev–Trinajstić information content (AvgIpc) is 1.80. The number of rotatable bonds is 19. The van der Waals surface area contributed by atoms with Crippen molar-refractivity contribution in [2.75, 3.05) is 0 Å². The van der Waals surface area contributed by atoms with Gasteiger partial charge in [-0.25, -0.2) is 4.39 Å². The van der Waals surface area contributed by atoms with Gasteiger partial charge in [-0.15, -0.1) is 0 Å². The predicted octanol–water partition coefficient (Wildman–Crippen LogP) is 17.5. The van der Waals surface area contributed by atoms with E-state index in [2.05, 4.69) is 133 Å². The first-order valence-electron chi connectivity index (χ1n) is 29.9. The van der Waals surface area contributed by atoms with Crippen molar-refractivity contribution in [3.63, 3.8) is 0 Å². The van der Waals surface area contributed by atoms with Gasteiger partial charge in [0.1, 0.15) is 5.82 Å². The lowest BCUT2D eigenvalue weighted by Gasteiger charge is -2.21. The van der Waals surface area contributed by atoms with Crippen LogP contribution in [0.25, 0.3) is 21.5 Å². The maximum Gasteiger partial charge on any atom is 0.165 e. The van der Waals surface area contributed by atoms with E-state index in [1.165, 1.54) is 12.1 Å². The van der Waals surface area contributed by atoms with E-state index >= 15 is 0 Å². The van der Waals surface area contributed by atoms with Crippen molar-refractivity contribution in [2.24, 2.45) is 0 Å². The van der Waals surface area contributed by atoms with Gasteiger partial charge in [-0.1, -0.05) is 127 Å². The quantitative estimate of drug-likeness (QED) is 0.0445. The number of fused-ring (bicyclic) bond motifs is 2. The largest absolute Gasteiger partial charge is 0.361 e. The molecule has 0 amide bonds. The van der Waals surface area contributed by atoms with Crippen LogP contribution in [0.15, 0.2) is 164 Å². The molecule has 436 valence electrons. The van der Waals surface area contributed by atoms with Gasteiger partial charge in [0.25, 0.3) is 0 Å². The number of hydrogen-bond acceptors (Lipinski definition) is 4. The third kappa shape index (κ3) is 10.3. The summed E-state index contributed by atoms with van der Waals surface area (Å²) >= 11 is 0. The molecular weight excluding hydrogens is 1080 g/mol. The third-order valence-electron chi connectivity index (χ3n) is 18.2. The van der Waals surface area contributed by atoms with Crippen molar-refractivity contribution in [3.05, 3.63) is 305 Å². The molecule has 0 aliphatic heterocycles. The summed E-state index contributed by atoms with van der Waals surface area (Å²) in [5, 5.41) is 4.35. The van der Waals surface area contributed by atoms with Crippen molar-refractivity contribution < 1.29 is 23.6 Å². The van der Waals surface area contributed by atoms with Gasteiger partial charge in [-0.2, -0.15) is 0 Å². The molecule has 4 atom stereocenters. The monoisotopic (exact) mass is 1150 g/mol. The lowest BCUT2D eigenvalue weighted by atomic mass is 9.86. The van der Waals surface area contributed by atoms with Crippen LogP contribution in [-0.2, 0) is 0 Å². The van der Waals surface area contributed by atoms with E-state index in [9.17, 15) is 23.6 Å². The normalized spacial score (nSPS) is 13.1. The molecule has 0 aliphatic carbocycles. The van der Waals surface area contributed by atoms with Gasteiger partial charge in [-0.05, 0) is 172 Å². The topological polar surface area (TPSA) is 163 Å². The zero-order valence-corrected chi connectivity index (χ0v) is 50.8. The zero-order chi connectivity index (χ0) is 61.1. The Morgan fingerprint density at radius 2 is 0.667 bits per heavy atom. The Balaban J connectivity index is 0.875. The summed E-state index contributed by atoms with van der Waals surface area (Å²) in [5.74, 6) is -2.05. The predicted molar refractivity (Wildman–Crippen MR) is 345 cm³/mol. The number of aryl methyl sites for hydroxylation is 4. The van der Waals surface area contributed by atoms with Gasteiger partial charge >= 0.3 is 0 Å². The van der Waals surface area contributed by atoms with Gasteiger partial charge in [0, 0.05) is 103 Å². The molecule has 0 saturated heterocycles. The molecule has 0 fully saturated rings. The fourth-order valence-electron chi connectivity index (χ4n) is 14.4. The maximum absolute atomic E-state index is 14.9. The Labute approximate surface area is 506 Å². The maximum atomic E-state index is 14.9. The second-order valence-electron chi connectivity index (χ2n) is 23.7. The van der Waals surface area contributed by atoms with Crippen LogP contribution in [0.4, 0.5) is 4.39 Å². The molecule has 0 bridgehead atoms. The molecule has 6 aromatic carbocycles. The molecular formula is C76H71FN6O4. The number of ketones is 4. The lowest BCUT2D eigenvalue weighted by molar-refractivity contribution is 0.0916. The second-order valence-corrected chi connectivity index (χ2v) is 23.7. The van der Waals surface area contributed by atoms with Gasteiger partial charge < -0.3 is 29.9 Å². The van der Waals surface area contributed by atoms with Crippen molar-refractivity contribution >= 4 is 44.7 Å². The Hall–Kier alpha value is -9.87. The average molecular weight is 1150 g/mol. The van der Waals surface area contributed by atoms with Gasteiger partial charge in [0.15, 0.2) is 23.1 Å². The highest BCUT2D eigenvalue weighted by molar-refractivity contribution is 6.05. The first-order valence-corrected chi connectivity index (χ1v) is 29.9. The van der Waals surface area contributed by atoms with E-state index in [1.54, 1.807) is 26.0 Å². The summed E-state index contributed by atoms with van der Waals surface area (Å²) in [6.07, 6.45) is -0.0375. The standard InChI is InChI=1S/C76H71FN6O4/c1-40-65(48(9)84)44(5)78-73(40)69(52-22-12-11-13-23-52)59-34-36-62(82-59)72(58-29-19-25-51-21-15-17-27-56(51)58)76-43(4)68(47(8)81-76)64(87)39-38-63(86)67-42(3)74(80-46(67)7)70(53-30-32-54(77)33-31-53)60-35-37-61(83-60)71(75-41(2)66(49(10)85)45(6)79-75)57-28-18-24-50-20-14-16-26-55(50)57/h11-37,69-72,78-83H,38-39H2,1-10H3. The van der Waals surface area contributed by atoms with E-state index in [4.69, 9.17) is 0 Å². The van der Waals surface area contributed by atoms with Crippen LogP contribution >= 0.6 is 0 Å². The second kappa shape index (κ2) is 23.2. The molecule has 4 unspecified atom stereocenters. The summed E-state index contributed by atoms with van der Waals surface area (Å²) < 4.78 is 14.8. The molecule has 12 rings (SSSR count). The number of carbonyl (C=O) groups is 4. The van der Waals surface area contributed by atoms with Crippen LogP contribution in [0.2, 0.25) is 0 Å². The zero-order valence-electron chi connectivity index (χ0n) is 50.8. The van der Waals surface area contributed by atoms with Gasteiger partial charge in [-0.3, -0.25) is 19.2 Å². The van der Waals surface area contributed by atoms with E-state index in [-0.39, 0.29) is 59.5 Å². The number of aromatic nitrogens is 6. The number of halogens is 1. The summed E-state index contributed by atoms with van der Waals surface area (Å²) in [6.45, 7) is 18.9. The van der Waals surface area contributed by atoms with Crippen molar-refractivity contribution in [3.8, 4) is 0 Å². The highest BCUT2D eigenvalue weighted by Gasteiger charge is 2.34. The molecule has 11 heteroatoms. The van der Waals surface area contributed by atoms with Crippen molar-refractivity contribution in [1.82, 2.24) is 29.9 Å². The molecule has 0 saturated carbocycles. The Kier molecular flexibility index (Phi) is 15.3. The minimum atomic E-state index is -0.478. The highest BCUT2D eigenvalue weighted by Crippen LogP contribution is 2.44. The van der Waals surface area contributed by atoms with Crippen molar-refractivity contribution in [2.45, 2.75) is 106 Å². The number of hydrogen-bond donors (Lipinski definition) is 6. The number of H-pyrrole nitrogens is 6. The molecule has 0 aliphatic rings. The minimum absolute atomic E-state index is 0.00710. The molecule has 10 nitrogen and oxygen atoms in total. The fraction of sp³-hybridized carbons (Fsp3) is 0.211. The molecule has 6 heterocycles.